The molecule has 92 valence electrons. The van der Waals surface area contributed by atoms with Gasteiger partial charge in [0.25, 0.3) is 0 Å². The van der Waals surface area contributed by atoms with E-state index in [0.717, 1.165) is 0 Å². The zero-order chi connectivity index (χ0) is 12.2. The lowest BCUT2D eigenvalue weighted by atomic mass is 10.2. The molecule has 0 N–H and O–H groups in total. The molecule has 5 heteroatoms. The van der Waals surface area contributed by atoms with Crippen molar-refractivity contribution in [3.63, 3.8) is 0 Å². The molecular weight excluding hydrogens is 208 g/mol. The quantitative estimate of drug-likeness (QED) is 0.686. The van der Waals surface area contributed by atoms with E-state index in [-0.39, 0.29) is 6.09 Å². The summed E-state index contributed by atoms with van der Waals surface area (Å²) in [7, 11) is 0. The zero-order valence-corrected chi connectivity index (χ0v) is 10.4. The van der Waals surface area contributed by atoms with Crippen LogP contribution in [0.1, 0.15) is 27.7 Å². The van der Waals surface area contributed by atoms with E-state index in [1.54, 1.807) is 4.90 Å². The fourth-order valence-electron chi connectivity index (χ4n) is 1.33. The highest BCUT2D eigenvalue weighted by molar-refractivity contribution is 5.83. The van der Waals surface area contributed by atoms with E-state index in [9.17, 15) is 4.79 Å². The van der Waals surface area contributed by atoms with E-state index in [1.165, 1.54) is 0 Å². The third-order valence-corrected chi connectivity index (χ3v) is 1.95. The van der Waals surface area contributed by atoms with Crippen molar-refractivity contribution in [2.45, 2.75) is 33.3 Å². The van der Waals surface area contributed by atoms with Gasteiger partial charge in [0.2, 0.25) is 5.90 Å². The number of nitrogens with zero attached hydrogens (tertiary/aromatic N) is 2. The minimum atomic E-state index is -0.461. The Bertz CT molecular complexity index is 281. The average Bonchev–Trinajstić information content (AvgIpc) is 2.16. The summed E-state index contributed by atoms with van der Waals surface area (Å²) in [5.74, 6) is 0.611. The number of rotatable bonds is 1. The molecule has 0 bridgehead atoms. The van der Waals surface area contributed by atoms with Crippen LogP contribution in [0.15, 0.2) is 4.99 Å². The summed E-state index contributed by atoms with van der Waals surface area (Å²) in [4.78, 5) is 17.6. The Hall–Kier alpha value is -1.26. The van der Waals surface area contributed by atoms with Gasteiger partial charge in [-0.3, -0.25) is 9.89 Å². The van der Waals surface area contributed by atoms with Gasteiger partial charge in [-0.2, -0.15) is 0 Å². The van der Waals surface area contributed by atoms with Crippen molar-refractivity contribution in [2.24, 2.45) is 4.99 Å². The highest BCUT2D eigenvalue weighted by atomic mass is 16.6. The Morgan fingerprint density at radius 1 is 1.50 bits per heavy atom. The first-order valence-electron chi connectivity index (χ1n) is 5.56. The van der Waals surface area contributed by atoms with Crippen molar-refractivity contribution in [2.75, 3.05) is 26.2 Å². The predicted molar refractivity (Wildman–Crippen MR) is 61.7 cm³/mol. The summed E-state index contributed by atoms with van der Waals surface area (Å²) in [6, 6.07) is 0. The molecule has 1 rings (SSSR count). The molecule has 0 fully saturated rings. The van der Waals surface area contributed by atoms with Gasteiger partial charge in [0.15, 0.2) is 0 Å². The second-order valence-corrected chi connectivity index (χ2v) is 4.61. The summed E-state index contributed by atoms with van der Waals surface area (Å²) < 4.78 is 10.6. The molecule has 16 heavy (non-hydrogen) atoms. The average molecular weight is 228 g/mol. The van der Waals surface area contributed by atoms with E-state index in [2.05, 4.69) is 4.99 Å². The van der Waals surface area contributed by atoms with Gasteiger partial charge < -0.3 is 9.47 Å². The summed E-state index contributed by atoms with van der Waals surface area (Å²) in [5.41, 5.74) is -0.461. The van der Waals surface area contributed by atoms with Gasteiger partial charge in [0.05, 0.1) is 19.7 Å². The Kier molecular flexibility index (Phi) is 4.15. The molecule has 0 aromatic heterocycles. The van der Waals surface area contributed by atoms with E-state index >= 15 is 0 Å². The fraction of sp³-hybridized carbons (Fsp3) is 0.818. The monoisotopic (exact) mass is 228 g/mol. The van der Waals surface area contributed by atoms with Crippen LogP contribution in [0.3, 0.4) is 0 Å². The SMILES string of the molecule is CCOC1=NCCN(C(=O)OC(C)(C)C)C1. The highest BCUT2D eigenvalue weighted by Crippen LogP contribution is 2.11. The number of amides is 1. The largest absolute Gasteiger partial charge is 0.480 e. The lowest BCUT2D eigenvalue weighted by molar-refractivity contribution is 0.0265. The first kappa shape index (κ1) is 12.8. The summed E-state index contributed by atoms with van der Waals surface area (Å²) in [6.07, 6.45) is -0.306. The number of carbonyl (C=O) groups excluding carboxylic acids is 1. The summed E-state index contributed by atoms with van der Waals surface area (Å²) in [6.45, 7) is 9.60. The molecule has 0 atom stereocenters. The van der Waals surface area contributed by atoms with Crippen molar-refractivity contribution in [1.29, 1.82) is 0 Å². The molecule has 0 spiro atoms. The smallest absolute Gasteiger partial charge is 0.410 e. The van der Waals surface area contributed by atoms with Gasteiger partial charge in [0.1, 0.15) is 5.60 Å². The van der Waals surface area contributed by atoms with Crippen LogP contribution in [0.5, 0.6) is 0 Å². The molecular formula is C11H20N2O3. The molecule has 0 saturated carbocycles. The number of carbonyl (C=O) groups is 1. The normalized spacial score (nSPS) is 16.8. The van der Waals surface area contributed by atoms with Crippen LogP contribution < -0.4 is 0 Å². The van der Waals surface area contributed by atoms with E-state index in [0.29, 0.717) is 32.1 Å². The Labute approximate surface area is 96.4 Å². The number of hydrogen-bond donors (Lipinski definition) is 0. The predicted octanol–water partition coefficient (Wildman–Crippen LogP) is 1.67. The van der Waals surface area contributed by atoms with Crippen molar-refractivity contribution >= 4 is 12.0 Å². The van der Waals surface area contributed by atoms with Gasteiger partial charge >= 0.3 is 6.09 Å². The second-order valence-electron chi connectivity index (χ2n) is 4.61. The van der Waals surface area contributed by atoms with E-state index < -0.39 is 5.60 Å². The Balaban J connectivity index is 2.50. The molecule has 0 aliphatic carbocycles. The number of hydrogen-bond acceptors (Lipinski definition) is 4. The van der Waals surface area contributed by atoms with Crippen LogP contribution in [-0.2, 0) is 9.47 Å². The first-order chi connectivity index (χ1) is 7.42. The van der Waals surface area contributed by atoms with Crippen LogP contribution in [0, 0.1) is 0 Å². The molecule has 0 unspecified atom stereocenters. The third kappa shape index (κ3) is 4.08. The lowest BCUT2D eigenvalue weighted by Gasteiger charge is -2.29. The fourth-order valence-corrected chi connectivity index (χ4v) is 1.33. The van der Waals surface area contributed by atoms with Crippen molar-refractivity contribution in [1.82, 2.24) is 4.90 Å². The number of aliphatic imine (C=N–C) groups is 1. The molecule has 0 saturated heterocycles. The minimum Gasteiger partial charge on any atom is -0.480 e. The van der Waals surface area contributed by atoms with Gasteiger partial charge in [-0.25, -0.2) is 4.79 Å². The van der Waals surface area contributed by atoms with E-state index in [1.807, 2.05) is 27.7 Å². The summed E-state index contributed by atoms with van der Waals surface area (Å²) >= 11 is 0. The minimum absolute atomic E-state index is 0.306. The zero-order valence-electron chi connectivity index (χ0n) is 10.4. The second kappa shape index (κ2) is 5.18. The molecule has 0 aromatic carbocycles. The van der Waals surface area contributed by atoms with Crippen molar-refractivity contribution in [3.05, 3.63) is 0 Å². The van der Waals surface area contributed by atoms with Crippen LogP contribution in [0.25, 0.3) is 0 Å². The maximum absolute atomic E-state index is 11.8. The topological polar surface area (TPSA) is 51.1 Å². The maximum Gasteiger partial charge on any atom is 0.410 e. The van der Waals surface area contributed by atoms with Crippen LogP contribution >= 0.6 is 0 Å². The molecule has 1 aliphatic rings. The third-order valence-electron chi connectivity index (χ3n) is 1.95. The van der Waals surface area contributed by atoms with Gasteiger partial charge in [-0.15, -0.1) is 0 Å². The van der Waals surface area contributed by atoms with Crippen molar-refractivity contribution in [3.8, 4) is 0 Å². The summed E-state index contributed by atoms with van der Waals surface area (Å²) in [5, 5.41) is 0. The molecule has 1 amide bonds. The van der Waals surface area contributed by atoms with E-state index in [4.69, 9.17) is 9.47 Å². The van der Waals surface area contributed by atoms with Gasteiger partial charge in [-0.05, 0) is 27.7 Å². The first-order valence-corrected chi connectivity index (χ1v) is 5.56. The standard InChI is InChI=1S/C11H20N2O3/c1-5-15-9-8-13(7-6-12-9)10(14)16-11(2,3)4/h5-8H2,1-4H3. The van der Waals surface area contributed by atoms with Crippen molar-refractivity contribution < 1.29 is 14.3 Å². The lowest BCUT2D eigenvalue weighted by Crippen LogP contribution is -2.44. The Morgan fingerprint density at radius 3 is 2.75 bits per heavy atom. The van der Waals surface area contributed by atoms with Crippen LogP contribution in [0.4, 0.5) is 4.79 Å². The van der Waals surface area contributed by atoms with Crippen LogP contribution in [0.2, 0.25) is 0 Å². The molecule has 1 heterocycles. The maximum atomic E-state index is 11.8. The molecule has 1 aliphatic heterocycles. The Morgan fingerprint density at radius 2 is 2.19 bits per heavy atom. The number of ether oxygens (including phenoxy) is 2. The van der Waals surface area contributed by atoms with Gasteiger partial charge in [0, 0.05) is 6.54 Å². The van der Waals surface area contributed by atoms with Gasteiger partial charge in [-0.1, -0.05) is 0 Å². The molecule has 5 nitrogen and oxygen atoms in total. The molecule has 0 radical (unpaired) electrons. The highest BCUT2D eigenvalue weighted by Gasteiger charge is 2.25. The molecule has 0 aromatic rings. The van der Waals surface area contributed by atoms with Crippen LogP contribution in [-0.4, -0.2) is 48.7 Å².